The molecular weight excluding hydrogens is 233 g/mol. The molecule has 1 unspecified atom stereocenters. The fourth-order valence-electron chi connectivity index (χ4n) is 1.72. The van der Waals surface area contributed by atoms with Crippen LogP contribution in [0.1, 0.15) is 18.4 Å². The number of hydrogen-bond acceptors (Lipinski definition) is 3. The molecule has 1 aliphatic heterocycles. The van der Waals surface area contributed by atoms with Gasteiger partial charge in [0.15, 0.2) is 0 Å². The number of rotatable bonds is 3. The van der Waals surface area contributed by atoms with Gasteiger partial charge in [-0.15, -0.1) is 0 Å². The Morgan fingerprint density at radius 2 is 2.24 bits per heavy atom. The highest BCUT2D eigenvalue weighted by molar-refractivity contribution is 5.20. The molecule has 1 saturated heterocycles. The van der Waals surface area contributed by atoms with Crippen LogP contribution in [0, 0.1) is 0 Å². The van der Waals surface area contributed by atoms with Crippen molar-refractivity contribution in [2.24, 2.45) is 0 Å². The third-order valence-corrected chi connectivity index (χ3v) is 2.66. The van der Waals surface area contributed by atoms with Gasteiger partial charge in [0.1, 0.15) is 6.61 Å². The van der Waals surface area contributed by atoms with Gasteiger partial charge >= 0.3 is 6.18 Å². The van der Waals surface area contributed by atoms with Crippen LogP contribution in [0.5, 0.6) is 5.88 Å². The Bertz CT molecular complexity index is 358. The molecule has 1 fully saturated rings. The molecule has 1 N–H and O–H groups in total. The zero-order chi connectivity index (χ0) is 12.3. The largest absolute Gasteiger partial charge is 0.476 e. The van der Waals surface area contributed by atoms with E-state index in [0.29, 0.717) is 6.61 Å². The number of hydrogen-bond donors (Lipinski definition) is 1. The lowest BCUT2D eigenvalue weighted by Gasteiger charge is -2.12. The first kappa shape index (κ1) is 12.2. The molecule has 17 heavy (non-hydrogen) atoms. The standard InChI is InChI=1S/C11H13F3N2O/c12-11(13,14)8-3-4-10(16-6-8)17-7-9-2-1-5-15-9/h3-4,6,9,15H,1-2,5,7H2. The molecule has 6 heteroatoms. The molecule has 0 spiro atoms. The number of pyridine rings is 1. The smallest absolute Gasteiger partial charge is 0.417 e. The van der Waals surface area contributed by atoms with E-state index in [9.17, 15) is 13.2 Å². The van der Waals surface area contributed by atoms with E-state index in [-0.39, 0.29) is 11.9 Å². The Hall–Kier alpha value is -1.30. The van der Waals surface area contributed by atoms with Crippen molar-refractivity contribution in [1.82, 2.24) is 10.3 Å². The summed E-state index contributed by atoms with van der Waals surface area (Å²) in [6, 6.07) is 2.50. The highest BCUT2D eigenvalue weighted by Crippen LogP contribution is 2.29. The van der Waals surface area contributed by atoms with E-state index in [4.69, 9.17) is 4.74 Å². The van der Waals surface area contributed by atoms with E-state index < -0.39 is 11.7 Å². The third-order valence-electron chi connectivity index (χ3n) is 2.66. The minimum absolute atomic E-state index is 0.228. The topological polar surface area (TPSA) is 34.1 Å². The van der Waals surface area contributed by atoms with E-state index in [1.165, 1.54) is 6.07 Å². The number of nitrogens with zero attached hydrogens (tertiary/aromatic N) is 1. The summed E-state index contributed by atoms with van der Waals surface area (Å²) in [7, 11) is 0. The zero-order valence-electron chi connectivity index (χ0n) is 9.13. The normalized spacial score (nSPS) is 20.5. The Morgan fingerprint density at radius 1 is 1.41 bits per heavy atom. The Labute approximate surface area is 97.0 Å². The van der Waals surface area contributed by atoms with Crippen molar-refractivity contribution < 1.29 is 17.9 Å². The number of nitrogens with one attached hydrogen (secondary N) is 1. The summed E-state index contributed by atoms with van der Waals surface area (Å²) in [6.45, 7) is 1.41. The molecule has 2 rings (SSSR count). The lowest BCUT2D eigenvalue weighted by atomic mass is 10.2. The van der Waals surface area contributed by atoms with Crippen LogP contribution in [-0.4, -0.2) is 24.2 Å². The average Bonchev–Trinajstić information content (AvgIpc) is 2.78. The van der Waals surface area contributed by atoms with E-state index >= 15 is 0 Å². The second-order valence-corrected chi connectivity index (χ2v) is 3.99. The van der Waals surface area contributed by atoms with Crippen molar-refractivity contribution in [2.45, 2.75) is 25.1 Å². The van der Waals surface area contributed by atoms with Gasteiger partial charge in [0.05, 0.1) is 5.56 Å². The van der Waals surface area contributed by atoms with Gasteiger partial charge in [0.2, 0.25) is 5.88 Å². The zero-order valence-corrected chi connectivity index (χ0v) is 9.13. The minimum atomic E-state index is -4.35. The van der Waals surface area contributed by atoms with Crippen LogP contribution in [-0.2, 0) is 6.18 Å². The van der Waals surface area contributed by atoms with E-state index in [2.05, 4.69) is 10.3 Å². The summed E-state index contributed by atoms with van der Waals surface area (Å²) in [5, 5.41) is 3.23. The fraction of sp³-hybridized carbons (Fsp3) is 0.545. The molecule has 0 saturated carbocycles. The van der Waals surface area contributed by atoms with Gasteiger partial charge in [0, 0.05) is 18.3 Å². The van der Waals surface area contributed by atoms with Crippen molar-refractivity contribution in [3.8, 4) is 5.88 Å². The van der Waals surface area contributed by atoms with Gasteiger partial charge in [-0.3, -0.25) is 0 Å². The molecule has 0 aliphatic carbocycles. The molecule has 1 aromatic heterocycles. The third kappa shape index (κ3) is 3.33. The first-order valence-corrected chi connectivity index (χ1v) is 5.45. The quantitative estimate of drug-likeness (QED) is 0.888. The SMILES string of the molecule is FC(F)(F)c1ccc(OCC2CCCN2)nc1. The molecule has 0 radical (unpaired) electrons. The molecule has 0 amide bonds. The first-order chi connectivity index (χ1) is 8.05. The highest BCUT2D eigenvalue weighted by atomic mass is 19.4. The average molecular weight is 246 g/mol. The Morgan fingerprint density at radius 3 is 2.76 bits per heavy atom. The van der Waals surface area contributed by atoms with Crippen LogP contribution in [0.2, 0.25) is 0 Å². The molecule has 3 nitrogen and oxygen atoms in total. The van der Waals surface area contributed by atoms with Crippen molar-refractivity contribution >= 4 is 0 Å². The van der Waals surface area contributed by atoms with Gasteiger partial charge in [-0.25, -0.2) is 4.98 Å². The van der Waals surface area contributed by atoms with E-state index in [0.717, 1.165) is 31.6 Å². The van der Waals surface area contributed by atoms with Crippen molar-refractivity contribution in [2.75, 3.05) is 13.2 Å². The number of halogens is 3. The van der Waals surface area contributed by atoms with Gasteiger partial charge in [0.25, 0.3) is 0 Å². The maximum Gasteiger partial charge on any atom is 0.417 e. The van der Waals surface area contributed by atoms with Crippen LogP contribution < -0.4 is 10.1 Å². The molecule has 1 atom stereocenters. The second kappa shape index (κ2) is 4.91. The lowest BCUT2D eigenvalue weighted by molar-refractivity contribution is -0.137. The van der Waals surface area contributed by atoms with Gasteiger partial charge < -0.3 is 10.1 Å². The summed E-state index contributed by atoms with van der Waals surface area (Å²) in [5.41, 5.74) is -0.760. The summed E-state index contributed by atoms with van der Waals surface area (Å²) < 4.78 is 42.1. The maximum atomic E-state index is 12.3. The predicted octanol–water partition coefficient (Wildman–Crippen LogP) is 2.23. The molecule has 2 heterocycles. The summed E-state index contributed by atoms with van der Waals surface area (Å²) in [6.07, 6.45) is -1.43. The number of aromatic nitrogens is 1. The Kier molecular flexibility index (Phi) is 3.51. The van der Waals surface area contributed by atoms with Crippen LogP contribution in [0.15, 0.2) is 18.3 Å². The maximum absolute atomic E-state index is 12.3. The van der Waals surface area contributed by atoms with Crippen LogP contribution in [0.3, 0.4) is 0 Å². The minimum Gasteiger partial charge on any atom is -0.476 e. The summed E-state index contributed by atoms with van der Waals surface area (Å²) >= 11 is 0. The highest BCUT2D eigenvalue weighted by Gasteiger charge is 2.30. The van der Waals surface area contributed by atoms with E-state index in [1.807, 2.05) is 0 Å². The van der Waals surface area contributed by atoms with Gasteiger partial charge in [-0.05, 0) is 25.5 Å². The fourth-order valence-corrected chi connectivity index (χ4v) is 1.72. The van der Waals surface area contributed by atoms with Crippen LogP contribution in [0.25, 0.3) is 0 Å². The van der Waals surface area contributed by atoms with Crippen molar-refractivity contribution in [3.63, 3.8) is 0 Å². The summed E-state index contributed by atoms with van der Waals surface area (Å²) in [5.74, 6) is 0.228. The molecule has 94 valence electrons. The second-order valence-electron chi connectivity index (χ2n) is 3.99. The lowest BCUT2D eigenvalue weighted by Crippen LogP contribution is -2.28. The van der Waals surface area contributed by atoms with E-state index in [1.54, 1.807) is 0 Å². The monoisotopic (exact) mass is 246 g/mol. The first-order valence-electron chi connectivity index (χ1n) is 5.45. The number of ether oxygens (including phenoxy) is 1. The summed E-state index contributed by atoms with van der Waals surface area (Å²) in [4.78, 5) is 3.64. The molecular formula is C11H13F3N2O. The number of alkyl halides is 3. The van der Waals surface area contributed by atoms with Gasteiger partial charge in [-0.1, -0.05) is 0 Å². The molecule has 1 aliphatic rings. The molecule has 0 aromatic carbocycles. The van der Waals surface area contributed by atoms with Crippen LogP contribution >= 0.6 is 0 Å². The van der Waals surface area contributed by atoms with Crippen LogP contribution in [0.4, 0.5) is 13.2 Å². The molecule has 0 bridgehead atoms. The molecule has 1 aromatic rings. The Balaban J connectivity index is 1.89. The van der Waals surface area contributed by atoms with Crippen molar-refractivity contribution in [3.05, 3.63) is 23.9 Å². The predicted molar refractivity (Wildman–Crippen MR) is 55.8 cm³/mol. The van der Waals surface area contributed by atoms with Crippen molar-refractivity contribution in [1.29, 1.82) is 0 Å². The van der Waals surface area contributed by atoms with Gasteiger partial charge in [-0.2, -0.15) is 13.2 Å².